The van der Waals surface area contributed by atoms with Gasteiger partial charge in [0.15, 0.2) is 0 Å². The SMILES string of the molecule is FC(F)(F)CCCN1CCN(CCBr)CC1. The molecule has 0 spiro atoms. The number of piperazine rings is 1. The van der Waals surface area contributed by atoms with Crippen LogP contribution in [0.4, 0.5) is 13.2 Å². The Balaban J connectivity index is 2.08. The van der Waals surface area contributed by atoms with Crippen molar-refractivity contribution in [3.63, 3.8) is 0 Å². The zero-order valence-electron chi connectivity index (χ0n) is 9.27. The average Bonchev–Trinajstić information content (AvgIpc) is 2.19. The van der Waals surface area contributed by atoms with Crippen LogP contribution in [0.3, 0.4) is 0 Å². The summed E-state index contributed by atoms with van der Waals surface area (Å²) in [5.41, 5.74) is 0. The molecule has 0 aromatic heterocycles. The van der Waals surface area contributed by atoms with Crippen LogP contribution in [0.2, 0.25) is 0 Å². The van der Waals surface area contributed by atoms with Gasteiger partial charge in [-0.15, -0.1) is 0 Å². The molecule has 0 atom stereocenters. The van der Waals surface area contributed by atoms with Gasteiger partial charge in [0.1, 0.15) is 0 Å². The number of hydrogen-bond donors (Lipinski definition) is 0. The van der Waals surface area contributed by atoms with Gasteiger partial charge in [0.25, 0.3) is 0 Å². The summed E-state index contributed by atoms with van der Waals surface area (Å²) < 4.78 is 35.8. The second-order valence-electron chi connectivity index (χ2n) is 4.09. The van der Waals surface area contributed by atoms with Crippen LogP contribution in [0.25, 0.3) is 0 Å². The highest BCUT2D eigenvalue weighted by atomic mass is 79.9. The van der Waals surface area contributed by atoms with Gasteiger partial charge in [-0.2, -0.15) is 13.2 Å². The Morgan fingerprint density at radius 2 is 1.44 bits per heavy atom. The van der Waals surface area contributed by atoms with Crippen molar-refractivity contribution >= 4 is 15.9 Å². The molecule has 1 rings (SSSR count). The molecule has 1 aliphatic rings. The van der Waals surface area contributed by atoms with Crippen molar-refractivity contribution in [2.24, 2.45) is 0 Å². The third-order valence-electron chi connectivity index (χ3n) is 2.80. The Morgan fingerprint density at radius 3 is 1.88 bits per heavy atom. The second kappa shape index (κ2) is 6.81. The molecule has 1 saturated heterocycles. The number of halogens is 4. The average molecular weight is 303 g/mol. The maximum Gasteiger partial charge on any atom is 0.389 e. The van der Waals surface area contributed by atoms with Gasteiger partial charge in [0, 0.05) is 44.5 Å². The fourth-order valence-electron chi connectivity index (χ4n) is 1.86. The number of nitrogens with zero attached hydrogens (tertiary/aromatic N) is 2. The van der Waals surface area contributed by atoms with Crippen molar-refractivity contribution in [1.29, 1.82) is 0 Å². The molecule has 0 aromatic rings. The molecule has 0 amide bonds. The van der Waals surface area contributed by atoms with Crippen molar-refractivity contribution in [2.45, 2.75) is 19.0 Å². The van der Waals surface area contributed by atoms with Gasteiger partial charge in [-0.25, -0.2) is 0 Å². The van der Waals surface area contributed by atoms with E-state index in [9.17, 15) is 13.2 Å². The largest absolute Gasteiger partial charge is 0.389 e. The minimum atomic E-state index is -4.00. The first kappa shape index (κ1) is 14.3. The number of rotatable bonds is 5. The van der Waals surface area contributed by atoms with Crippen LogP contribution >= 0.6 is 15.9 Å². The molecule has 1 aliphatic heterocycles. The van der Waals surface area contributed by atoms with E-state index < -0.39 is 12.6 Å². The summed E-state index contributed by atoms with van der Waals surface area (Å²) in [6.07, 6.45) is -4.44. The predicted octanol–water partition coefficient (Wildman–Crippen LogP) is 2.34. The number of hydrogen-bond acceptors (Lipinski definition) is 2. The van der Waals surface area contributed by atoms with Crippen molar-refractivity contribution < 1.29 is 13.2 Å². The highest BCUT2D eigenvalue weighted by molar-refractivity contribution is 9.09. The fraction of sp³-hybridized carbons (Fsp3) is 1.00. The number of alkyl halides is 4. The van der Waals surface area contributed by atoms with Gasteiger partial charge < -0.3 is 4.90 Å². The van der Waals surface area contributed by atoms with Crippen LogP contribution in [0.1, 0.15) is 12.8 Å². The summed E-state index contributed by atoms with van der Waals surface area (Å²) in [5, 5.41) is 0.959. The normalized spacial score (nSPS) is 20.2. The Labute approximate surface area is 103 Å². The van der Waals surface area contributed by atoms with E-state index in [-0.39, 0.29) is 6.42 Å². The summed E-state index contributed by atoms with van der Waals surface area (Å²) in [6, 6.07) is 0. The zero-order chi connectivity index (χ0) is 12.0. The summed E-state index contributed by atoms with van der Waals surface area (Å²) in [7, 11) is 0. The minimum Gasteiger partial charge on any atom is -0.301 e. The molecule has 0 saturated carbocycles. The topological polar surface area (TPSA) is 6.48 Å². The van der Waals surface area contributed by atoms with Gasteiger partial charge in [0.05, 0.1) is 0 Å². The van der Waals surface area contributed by atoms with E-state index >= 15 is 0 Å². The monoisotopic (exact) mass is 302 g/mol. The van der Waals surface area contributed by atoms with Gasteiger partial charge in [0.2, 0.25) is 0 Å². The van der Waals surface area contributed by atoms with Gasteiger partial charge in [-0.05, 0) is 13.0 Å². The molecule has 1 heterocycles. The Morgan fingerprint density at radius 1 is 0.938 bits per heavy atom. The molecule has 96 valence electrons. The molecule has 0 N–H and O–H groups in total. The molecule has 0 bridgehead atoms. The zero-order valence-corrected chi connectivity index (χ0v) is 10.9. The van der Waals surface area contributed by atoms with E-state index in [0.717, 1.165) is 38.1 Å². The maximum absolute atomic E-state index is 11.9. The van der Waals surface area contributed by atoms with E-state index in [1.54, 1.807) is 0 Å². The molecule has 1 fully saturated rings. The summed E-state index contributed by atoms with van der Waals surface area (Å²) in [4.78, 5) is 4.45. The molecule has 0 radical (unpaired) electrons. The van der Waals surface area contributed by atoms with E-state index in [1.165, 1.54) is 0 Å². The summed E-state index contributed by atoms with van der Waals surface area (Å²) >= 11 is 3.38. The molecule has 0 aliphatic carbocycles. The third-order valence-corrected chi connectivity index (χ3v) is 3.15. The maximum atomic E-state index is 11.9. The Bertz CT molecular complexity index is 191. The molecule has 0 aromatic carbocycles. The van der Waals surface area contributed by atoms with Crippen LogP contribution in [-0.4, -0.2) is 60.6 Å². The first-order chi connectivity index (χ1) is 7.51. The van der Waals surface area contributed by atoms with Crippen molar-refractivity contribution in [3.8, 4) is 0 Å². The molecular formula is C10H18BrF3N2. The Kier molecular flexibility index (Phi) is 6.07. The lowest BCUT2D eigenvalue weighted by molar-refractivity contribution is -0.136. The smallest absolute Gasteiger partial charge is 0.301 e. The van der Waals surface area contributed by atoms with E-state index in [4.69, 9.17) is 0 Å². The van der Waals surface area contributed by atoms with Crippen LogP contribution < -0.4 is 0 Å². The van der Waals surface area contributed by atoms with Crippen molar-refractivity contribution in [3.05, 3.63) is 0 Å². The lowest BCUT2D eigenvalue weighted by Crippen LogP contribution is -2.47. The molecular weight excluding hydrogens is 285 g/mol. The van der Waals surface area contributed by atoms with Crippen LogP contribution in [0.5, 0.6) is 0 Å². The lowest BCUT2D eigenvalue weighted by Gasteiger charge is -2.34. The van der Waals surface area contributed by atoms with Crippen LogP contribution in [-0.2, 0) is 0 Å². The first-order valence-electron chi connectivity index (χ1n) is 5.59. The molecule has 0 unspecified atom stereocenters. The lowest BCUT2D eigenvalue weighted by atomic mass is 10.2. The fourth-order valence-corrected chi connectivity index (χ4v) is 2.36. The highest BCUT2D eigenvalue weighted by Crippen LogP contribution is 2.21. The van der Waals surface area contributed by atoms with E-state index in [1.807, 2.05) is 0 Å². The van der Waals surface area contributed by atoms with Crippen LogP contribution in [0, 0.1) is 0 Å². The van der Waals surface area contributed by atoms with Crippen molar-refractivity contribution in [1.82, 2.24) is 9.80 Å². The highest BCUT2D eigenvalue weighted by Gasteiger charge is 2.26. The predicted molar refractivity (Wildman–Crippen MR) is 62.0 cm³/mol. The third kappa shape index (κ3) is 6.06. The second-order valence-corrected chi connectivity index (χ2v) is 4.88. The van der Waals surface area contributed by atoms with E-state index in [0.29, 0.717) is 6.54 Å². The van der Waals surface area contributed by atoms with E-state index in [2.05, 4.69) is 25.7 Å². The van der Waals surface area contributed by atoms with Gasteiger partial charge >= 0.3 is 6.18 Å². The van der Waals surface area contributed by atoms with Crippen molar-refractivity contribution in [2.75, 3.05) is 44.6 Å². The van der Waals surface area contributed by atoms with Gasteiger partial charge in [-0.3, -0.25) is 4.90 Å². The van der Waals surface area contributed by atoms with Crippen LogP contribution in [0.15, 0.2) is 0 Å². The summed E-state index contributed by atoms with van der Waals surface area (Å²) in [5.74, 6) is 0. The first-order valence-corrected chi connectivity index (χ1v) is 6.71. The molecule has 16 heavy (non-hydrogen) atoms. The minimum absolute atomic E-state index is 0.224. The summed E-state index contributed by atoms with van der Waals surface area (Å²) in [6.45, 7) is 5.32. The Hall–Kier alpha value is 0.190. The molecule has 2 nitrogen and oxygen atoms in total. The van der Waals surface area contributed by atoms with Gasteiger partial charge in [-0.1, -0.05) is 15.9 Å². The molecule has 6 heteroatoms. The quantitative estimate of drug-likeness (QED) is 0.719. The standard InChI is InChI=1S/C10H18BrF3N2/c11-3-5-16-8-6-15(7-9-16)4-1-2-10(12,13)14/h1-9H2.